The van der Waals surface area contributed by atoms with Crippen LogP contribution in [0.3, 0.4) is 0 Å². The van der Waals surface area contributed by atoms with Gasteiger partial charge >= 0.3 is 0 Å². The highest BCUT2D eigenvalue weighted by molar-refractivity contribution is 14.0. The summed E-state index contributed by atoms with van der Waals surface area (Å²) in [6.07, 6.45) is 8.09. The van der Waals surface area contributed by atoms with E-state index in [-0.39, 0.29) is 24.0 Å². The van der Waals surface area contributed by atoms with Crippen molar-refractivity contribution >= 4 is 29.9 Å². The Balaban J connectivity index is 0.00000441. The number of aliphatic imine (C=N–C) groups is 1. The highest BCUT2D eigenvalue weighted by Crippen LogP contribution is 2.09. The van der Waals surface area contributed by atoms with Crippen LogP contribution in [0.2, 0.25) is 0 Å². The zero-order valence-electron chi connectivity index (χ0n) is 15.0. The molecule has 0 radical (unpaired) electrons. The molecular formula is C17H37IN4. The average Bonchev–Trinajstić information content (AvgIpc) is 2.50. The average molecular weight is 424 g/mol. The summed E-state index contributed by atoms with van der Waals surface area (Å²) in [5.41, 5.74) is 0. The van der Waals surface area contributed by atoms with Crippen molar-refractivity contribution in [3.63, 3.8) is 0 Å². The van der Waals surface area contributed by atoms with Gasteiger partial charge in [0.1, 0.15) is 0 Å². The van der Waals surface area contributed by atoms with Crippen molar-refractivity contribution in [3.8, 4) is 0 Å². The van der Waals surface area contributed by atoms with Crippen molar-refractivity contribution in [1.29, 1.82) is 0 Å². The van der Waals surface area contributed by atoms with Gasteiger partial charge in [0.25, 0.3) is 0 Å². The first kappa shape index (κ1) is 22.0. The van der Waals surface area contributed by atoms with E-state index in [9.17, 15) is 0 Å². The Morgan fingerprint density at radius 1 is 1.05 bits per heavy atom. The van der Waals surface area contributed by atoms with E-state index in [1.165, 1.54) is 58.2 Å². The van der Waals surface area contributed by atoms with Crippen LogP contribution in [-0.2, 0) is 0 Å². The van der Waals surface area contributed by atoms with Gasteiger partial charge in [-0.05, 0) is 58.2 Å². The van der Waals surface area contributed by atoms with E-state index >= 15 is 0 Å². The van der Waals surface area contributed by atoms with Crippen molar-refractivity contribution in [2.75, 3.05) is 33.2 Å². The highest BCUT2D eigenvalue weighted by atomic mass is 127. The molecule has 1 aliphatic heterocycles. The van der Waals surface area contributed by atoms with Gasteiger partial charge in [0.15, 0.2) is 5.96 Å². The Bertz CT molecular complexity index is 288. The molecular weight excluding hydrogens is 387 g/mol. The van der Waals surface area contributed by atoms with Crippen molar-refractivity contribution in [1.82, 2.24) is 15.5 Å². The van der Waals surface area contributed by atoms with Crippen molar-refractivity contribution in [2.45, 2.75) is 65.3 Å². The van der Waals surface area contributed by atoms with Gasteiger partial charge in [-0.1, -0.05) is 26.7 Å². The minimum atomic E-state index is 0. The maximum atomic E-state index is 4.29. The number of unbranched alkanes of at least 4 members (excludes halogenated alkanes) is 2. The van der Waals surface area contributed by atoms with Crippen LogP contribution in [-0.4, -0.2) is 50.1 Å². The second-order valence-corrected chi connectivity index (χ2v) is 6.64. The molecule has 2 N–H and O–H groups in total. The van der Waals surface area contributed by atoms with E-state index in [2.05, 4.69) is 41.3 Å². The highest BCUT2D eigenvalue weighted by Gasteiger charge is 2.09. The molecule has 0 bridgehead atoms. The number of hydrogen-bond donors (Lipinski definition) is 2. The van der Waals surface area contributed by atoms with E-state index in [1.807, 2.05) is 7.05 Å². The molecule has 4 nitrogen and oxygen atoms in total. The lowest BCUT2D eigenvalue weighted by Crippen LogP contribution is -2.44. The molecule has 5 heteroatoms. The van der Waals surface area contributed by atoms with Crippen molar-refractivity contribution in [2.24, 2.45) is 10.9 Å². The normalized spacial score (nSPS) is 18.0. The SMILES string of the molecule is CN=C(NCCCCCN1CCCCC1)NC(C)C(C)C.I. The summed E-state index contributed by atoms with van der Waals surface area (Å²) in [6, 6.07) is 0.454. The molecule has 0 aromatic carbocycles. The minimum absolute atomic E-state index is 0. The molecule has 0 amide bonds. The second-order valence-electron chi connectivity index (χ2n) is 6.64. The van der Waals surface area contributed by atoms with E-state index in [0.29, 0.717) is 12.0 Å². The Morgan fingerprint density at radius 2 is 1.73 bits per heavy atom. The first-order valence-corrected chi connectivity index (χ1v) is 8.83. The molecule has 1 heterocycles. The molecule has 1 aliphatic rings. The molecule has 0 aromatic heterocycles. The third-order valence-corrected chi connectivity index (χ3v) is 4.48. The summed E-state index contributed by atoms with van der Waals surface area (Å²) in [5.74, 6) is 1.56. The fourth-order valence-corrected chi connectivity index (χ4v) is 2.60. The lowest BCUT2D eigenvalue weighted by molar-refractivity contribution is 0.224. The van der Waals surface area contributed by atoms with Crippen LogP contribution >= 0.6 is 24.0 Å². The van der Waals surface area contributed by atoms with Gasteiger partial charge in [-0.15, -0.1) is 24.0 Å². The quantitative estimate of drug-likeness (QED) is 0.271. The summed E-state index contributed by atoms with van der Waals surface area (Å²) in [4.78, 5) is 6.91. The first-order chi connectivity index (χ1) is 10.1. The molecule has 0 saturated carbocycles. The van der Waals surface area contributed by atoms with E-state index < -0.39 is 0 Å². The molecule has 22 heavy (non-hydrogen) atoms. The number of halogens is 1. The van der Waals surface area contributed by atoms with Gasteiger partial charge in [-0.2, -0.15) is 0 Å². The molecule has 1 atom stereocenters. The van der Waals surface area contributed by atoms with E-state index in [4.69, 9.17) is 0 Å². The molecule has 132 valence electrons. The van der Waals surface area contributed by atoms with Gasteiger partial charge in [0.2, 0.25) is 0 Å². The first-order valence-electron chi connectivity index (χ1n) is 8.83. The molecule has 0 aliphatic carbocycles. The predicted octanol–water partition coefficient (Wildman–Crippen LogP) is 3.47. The van der Waals surface area contributed by atoms with Crippen LogP contribution in [0.5, 0.6) is 0 Å². The lowest BCUT2D eigenvalue weighted by atomic mass is 10.1. The zero-order chi connectivity index (χ0) is 15.5. The summed E-state index contributed by atoms with van der Waals surface area (Å²) >= 11 is 0. The Labute approximate surface area is 154 Å². The Morgan fingerprint density at radius 3 is 2.32 bits per heavy atom. The number of nitrogens with one attached hydrogen (secondary N) is 2. The number of hydrogen-bond acceptors (Lipinski definition) is 2. The number of rotatable bonds is 8. The third-order valence-electron chi connectivity index (χ3n) is 4.48. The van der Waals surface area contributed by atoms with Crippen LogP contribution in [0.4, 0.5) is 0 Å². The summed E-state index contributed by atoms with van der Waals surface area (Å²) < 4.78 is 0. The van der Waals surface area contributed by atoms with E-state index in [1.54, 1.807) is 0 Å². The molecule has 1 fully saturated rings. The lowest BCUT2D eigenvalue weighted by Gasteiger charge is -2.26. The molecule has 1 saturated heterocycles. The fraction of sp³-hybridized carbons (Fsp3) is 0.941. The van der Waals surface area contributed by atoms with Gasteiger partial charge in [0, 0.05) is 19.6 Å². The Hall–Kier alpha value is -0.0400. The predicted molar refractivity (Wildman–Crippen MR) is 108 cm³/mol. The van der Waals surface area contributed by atoms with Crippen LogP contribution in [0.15, 0.2) is 4.99 Å². The van der Waals surface area contributed by atoms with Gasteiger partial charge in [0.05, 0.1) is 0 Å². The Kier molecular flexibility index (Phi) is 13.4. The third kappa shape index (κ3) is 9.87. The smallest absolute Gasteiger partial charge is 0.191 e. The molecule has 0 spiro atoms. The zero-order valence-corrected chi connectivity index (χ0v) is 17.4. The van der Waals surface area contributed by atoms with Gasteiger partial charge < -0.3 is 15.5 Å². The fourth-order valence-electron chi connectivity index (χ4n) is 2.60. The monoisotopic (exact) mass is 424 g/mol. The van der Waals surface area contributed by atoms with Gasteiger partial charge in [-0.3, -0.25) is 4.99 Å². The summed E-state index contributed by atoms with van der Waals surface area (Å²) in [7, 11) is 1.85. The summed E-state index contributed by atoms with van der Waals surface area (Å²) in [6.45, 7) is 11.6. The van der Waals surface area contributed by atoms with Crippen LogP contribution in [0, 0.1) is 5.92 Å². The van der Waals surface area contributed by atoms with Crippen molar-refractivity contribution < 1.29 is 0 Å². The standard InChI is InChI=1S/C17H36N4.HI/c1-15(2)16(3)20-17(18-4)19-11-7-5-8-12-21-13-9-6-10-14-21;/h15-16H,5-14H2,1-4H3,(H2,18,19,20);1H. The molecule has 0 aromatic rings. The van der Waals surface area contributed by atoms with E-state index in [0.717, 1.165) is 12.5 Å². The number of guanidine groups is 1. The second kappa shape index (κ2) is 13.4. The number of piperidine rings is 1. The van der Waals surface area contributed by atoms with Crippen molar-refractivity contribution in [3.05, 3.63) is 0 Å². The molecule has 1 unspecified atom stereocenters. The molecule has 1 rings (SSSR count). The maximum absolute atomic E-state index is 4.29. The topological polar surface area (TPSA) is 39.7 Å². The maximum Gasteiger partial charge on any atom is 0.191 e. The minimum Gasteiger partial charge on any atom is -0.356 e. The largest absolute Gasteiger partial charge is 0.356 e. The number of nitrogens with zero attached hydrogens (tertiary/aromatic N) is 2. The van der Waals surface area contributed by atoms with Crippen LogP contribution < -0.4 is 10.6 Å². The van der Waals surface area contributed by atoms with Crippen LogP contribution in [0.25, 0.3) is 0 Å². The number of likely N-dealkylation sites (tertiary alicyclic amines) is 1. The van der Waals surface area contributed by atoms with Crippen LogP contribution in [0.1, 0.15) is 59.3 Å². The summed E-state index contributed by atoms with van der Waals surface area (Å²) in [5, 5.41) is 6.86. The van der Waals surface area contributed by atoms with Gasteiger partial charge in [-0.25, -0.2) is 0 Å².